The molecule has 0 saturated heterocycles. The van der Waals surface area contributed by atoms with Crippen molar-refractivity contribution in [2.24, 2.45) is 0 Å². The molecule has 0 bridgehead atoms. The zero-order valence-electron chi connectivity index (χ0n) is 8.93. The van der Waals surface area contributed by atoms with Crippen LogP contribution in [0.15, 0.2) is 11.4 Å². The van der Waals surface area contributed by atoms with Crippen LogP contribution in [0.2, 0.25) is 0 Å². The molecule has 86 valence electrons. The number of aliphatic hydroxyl groups excluding tert-OH is 2. The summed E-state index contributed by atoms with van der Waals surface area (Å²) >= 11 is 1.31. The van der Waals surface area contributed by atoms with E-state index in [-0.39, 0.29) is 19.1 Å². The van der Waals surface area contributed by atoms with Crippen LogP contribution in [0.25, 0.3) is 0 Å². The second-order valence-electron chi connectivity index (χ2n) is 3.07. The molecule has 0 unspecified atom stereocenters. The van der Waals surface area contributed by atoms with E-state index in [1.165, 1.54) is 16.2 Å². The summed E-state index contributed by atoms with van der Waals surface area (Å²) in [4.78, 5) is 13.9. The number of hydrogen-bond acceptors (Lipinski definition) is 4. The molecule has 1 aromatic rings. The molecule has 16 heavy (non-hydrogen) atoms. The van der Waals surface area contributed by atoms with Gasteiger partial charge in [0.25, 0.3) is 5.91 Å². The number of thiophene rings is 1. The van der Waals surface area contributed by atoms with Gasteiger partial charge < -0.3 is 15.1 Å². The van der Waals surface area contributed by atoms with E-state index >= 15 is 0 Å². The molecule has 0 aliphatic heterocycles. The maximum absolute atomic E-state index is 11.9. The van der Waals surface area contributed by atoms with Crippen molar-refractivity contribution in [3.63, 3.8) is 0 Å². The highest BCUT2D eigenvalue weighted by Gasteiger charge is 2.15. The van der Waals surface area contributed by atoms with E-state index < -0.39 is 0 Å². The SMILES string of the molecule is CN(CCO)C(=O)c1sccc1C#CCO. The average molecular weight is 239 g/mol. The summed E-state index contributed by atoms with van der Waals surface area (Å²) in [6, 6.07) is 1.74. The van der Waals surface area contributed by atoms with Gasteiger partial charge in [-0.25, -0.2) is 0 Å². The van der Waals surface area contributed by atoms with E-state index in [0.717, 1.165) is 0 Å². The van der Waals surface area contributed by atoms with Crippen molar-refractivity contribution in [2.45, 2.75) is 0 Å². The van der Waals surface area contributed by atoms with Crippen LogP contribution in [0.4, 0.5) is 0 Å². The lowest BCUT2D eigenvalue weighted by molar-refractivity contribution is 0.0771. The fraction of sp³-hybridized carbons (Fsp3) is 0.364. The molecule has 1 aromatic heterocycles. The van der Waals surface area contributed by atoms with Crippen LogP contribution in [0.3, 0.4) is 0 Å². The molecule has 1 rings (SSSR count). The zero-order valence-corrected chi connectivity index (χ0v) is 9.75. The second kappa shape index (κ2) is 6.28. The van der Waals surface area contributed by atoms with Gasteiger partial charge in [0, 0.05) is 19.2 Å². The zero-order chi connectivity index (χ0) is 12.0. The lowest BCUT2D eigenvalue weighted by Crippen LogP contribution is -2.29. The van der Waals surface area contributed by atoms with Crippen molar-refractivity contribution in [3.8, 4) is 11.8 Å². The third-order valence-electron chi connectivity index (χ3n) is 1.94. The number of aliphatic hydroxyl groups is 2. The van der Waals surface area contributed by atoms with E-state index in [1.807, 2.05) is 0 Å². The Morgan fingerprint density at radius 1 is 1.56 bits per heavy atom. The van der Waals surface area contributed by atoms with Crippen molar-refractivity contribution >= 4 is 17.2 Å². The number of amides is 1. The summed E-state index contributed by atoms with van der Waals surface area (Å²) in [6.45, 7) is 0.00479. The van der Waals surface area contributed by atoms with Gasteiger partial charge in [-0.2, -0.15) is 0 Å². The number of carbonyl (C=O) groups is 1. The fourth-order valence-corrected chi connectivity index (χ4v) is 1.98. The minimum absolute atomic E-state index is 0.0642. The van der Waals surface area contributed by atoms with Gasteiger partial charge in [0.2, 0.25) is 0 Å². The molecule has 0 aliphatic carbocycles. The van der Waals surface area contributed by atoms with Gasteiger partial charge in [-0.3, -0.25) is 4.79 Å². The summed E-state index contributed by atoms with van der Waals surface area (Å²) in [5.41, 5.74) is 0.619. The summed E-state index contributed by atoms with van der Waals surface area (Å²) in [6.07, 6.45) is 0. The lowest BCUT2D eigenvalue weighted by Gasteiger charge is -2.14. The Balaban J connectivity index is 2.87. The fourth-order valence-electron chi connectivity index (χ4n) is 1.13. The molecule has 0 aromatic carbocycles. The molecule has 5 heteroatoms. The maximum atomic E-state index is 11.9. The van der Waals surface area contributed by atoms with E-state index in [9.17, 15) is 4.79 Å². The first-order chi connectivity index (χ1) is 7.70. The molecule has 0 radical (unpaired) electrons. The number of rotatable bonds is 3. The maximum Gasteiger partial charge on any atom is 0.265 e. The first-order valence-electron chi connectivity index (χ1n) is 4.74. The first kappa shape index (κ1) is 12.7. The summed E-state index contributed by atoms with van der Waals surface area (Å²) in [7, 11) is 1.63. The van der Waals surface area contributed by atoms with Gasteiger partial charge in [0.1, 0.15) is 11.5 Å². The Hall–Kier alpha value is -1.35. The summed E-state index contributed by atoms with van der Waals surface area (Å²) in [5, 5.41) is 19.1. The number of likely N-dealkylation sites (N-methyl/N-ethyl adjacent to an activating group) is 1. The number of carbonyl (C=O) groups excluding carboxylic acids is 1. The Bertz CT molecular complexity index is 416. The highest BCUT2D eigenvalue weighted by atomic mass is 32.1. The molecular formula is C11H13NO3S. The molecular weight excluding hydrogens is 226 g/mol. The van der Waals surface area contributed by atoms with Crippen molar-refractivity contribution in [1.82, 2.24) is 4.90 Å². The standard InChI is InChI=1S/C11H13NO3S/c1-12(5-7-14)11(15)10-9(3-2-6-13)4-8-16-10/h4,8,13-14H,5-7H2,1H3. The molecule has 2 N–H and O–H groups in total. The Labute approximate surface area is 98.1 Å². The van der Waals surface area contributed by atoms with Crippen molar-refractivity contribution in [1.29, 1.82) is 0 Å². The van der Waals surface area contributed by atoms with Crippen LogP contribution < -0.4 is 0 Å². The highest BCUT2D eigenvalue weighted by molar-refractivity contribution is 7.12. The third kappa shape index (κ3) is 3.07. The molecule has 1 heterocycles. The van der Waals surface area contributed by atoms with E-state index in [4.69, 9.17) is 10.2 Å². The second-order valence-corrected chi connectivity index (χ2v) is 3.99. The third-order valence-corrected chi connectivity index (χ3v) is 2.85. The van der Waals surface area contributed by atoms with Gasteiger partial charge in [-0.1, -0.05) is 11.8 Å². The van der Waals surface area contributed by atoms with Crippen molar-refractivity contribution in [2.75, 3.05) is 26.8 Å². The van der Waals surface area contributed by atoms with Crippen LogP contribution >= 0.6 is 11.3 Å². The van der Waals surface area contributed by atoms with Gasteiger partial charge in [-0.15, -0.1) is 11.3 Å². The predicted molar refractivity (Wildman–Crippen MR) is 62.3 cm³/mol. The van der Waals surface area contributed by atoms with Crippen molar-refractivity contribution in [3.05, 3.63) is 21.9 Å². The molecule has 0 atom stereocenters. The van der Waals surface area contributed by atoms with Crippen LogP contribution in [-0.2, 0) is 0 Å². The minimum atomic E-state index is -0.226. The summed E-state index contributed by atoms with van der Waals surface area (Å²) in [5.74, 6) is 5.07. The lowest BCUT2D eigenvalue weighted by atomic mass is 10.2. The van der Waals surface area contributed by atoms with Gasteiger partial charge in [0.05, 0.1) is 6.61 Å². The topological polar surface area (TPSA) is 60.8 Å². The van der Waals surface area contributed by atoms with Crippen molar-refractivity contribution < 1.29 is 15.0 Å². The molecule has 0 spiro atoms. The predicted octanol–water partition coefficient (Wildman–Crippen LogP) is 0.156. The monoisotopic (exact) mass is 239 g/mol. The van der Waals surface area contributed by atoms with Crippen LogP contribution in [0.5, 0.6) is 0 Å². The Kier molecular flexibility index (Phi) is 4.99. The number of nitrogens with zero attached hydrogens (tertiary/aromatic N) is 1. The van der Waals surface area contributed by atoms with Gasteiger partial charge in [-0.05, 0) is 11.4 Å². The summed E-state index contributed by atoms with van der Waals surface area (Å²) < 4.78 is 0. The molecule has 1 amide bonds. The molecule has 0 aliphatic rings. The van der Waals surface area contributed by atoms with Crippen LogP contribution in [-0.4, -0.2) is 47.8 Å². The smallest absolute Gasteiger partial charge is 0.265 e. The largest absolute Gasteiger partial charge is 0.395 e. The molecule has 0 fully saturated rings. The minimum Gasteiger partial charge on any atom is -0.395 e. The van der Waals surface area contributed by atoms with E-state index in [0.29, 0.717) is 17.0 Å². The molecule has 4 nitrogen and oxygen atoms in total. The highest BCUT2D eigenvalue weighted by Crippen LogP contribution is 2.17. The van der Waals surface area contributed by atoms with E-state index in [1.54, 1.807) is 18.5 Å². The van der Waals surface area contributed by atoms with Gasteiger partial charge >= 0.3 is 0 Å². The quantitative estimate of drug-likeness (QED) is 0.738. The number of hydrogen-bond donors (Lipinski definition) is 2. The Morgan fingerprint density at radius 3 is 2.94 bits per heavy atom. The van der Waals surface area contributed by atoms with Gasteiger partial charge in [0.15, 0.2) is 0 Å². The Morgan fingerprint density at radius 2 is 2.31 bits per heavy atom. The first-order valence-corrected chi connectivity index (χ1v) is 5.62. The van der Waals surface area contributed by atoms with Crippen LogP contribution in [0.1, 0.15) is 15.2 Å². The van der Waals surface area contributed by atoms with E-state index in [2.05, 4.69) is 11.8 Å². The average Bonchev–Trinajstić information content (AvgIpc) is 2.73. The van der Waals surface area contributed by atoms with Crippen LogP contribution in [0, 0.1) is 11.8 Å². The normalized spacial score (nSPS) is 9.44. The molecule has 0 saturated carbocycles.